The fourth-order valence-corrected chi connectivity index (χ4v) is 8.81. The summed E-state index contributed by atoms with van der Waals surface area (Å²) < 4.78 is 0. The molecule has 0 unspecified atom stereocenters. The van der Waals surface area contributed by atoms with Gasteiger partial charge in [-0.2, -0.15) is 0 Å². The average molecular weight is 587 g/mol. The third-order valence-corrected chi connectivity index (χ3v) is 10.7. The van der Waals surface area contributed by atoms with E-state index in [2.05, 4.69) is 158 Å². The lowest BCUT2D eigenvalue weighted by Gasteiger charge is -2.22. The van der Waals surface area contributed by atoms with Gasteiger partial charge in [0, 0.05) is 15.2 Å². The van der Waals surface area contributed by atoms with Crippen LogP contribution < -0.4 is 0 Å². The first kappa shape index (κ1) is 25.0. The topological polar surface area (TPSA) is 0 Å². The van der Waals surface area contributed by atoms with Crippen LogP contribution >= 0.6 is 11.8 Å². The van der Waals surface area contributed by atoms with Crippen LogP contribution in [0.2, 0.25) is 0 Å². The first-order valence-electron chi connectivity index (χ1n) is 15.5. The van der Waals surface area contributed by atoms with E-state index in [0.29, 0.717) is 0 Å². The molecule has 0 bridgehead atoms. The molecule has 0 fully saturated rings. The first-order valence-corrected chi connectivity index (χ1v) is 16.3. The summed E-state index contributed by atoms with van der Waals surface area (Å²) in [6, 6.07) is 58.5. The molecule has 0 radical (unpaired) electrons. The highest BCUT2D eigenvalue weighted by atomic mass is 32.2. The molecular formula is C44H26S. The predicted molar refractivity (Wildman–Crippen MR) is 194 cm³/mol. The molecule has 9 aromatic rings. The van der Waals surface area contributed by atoms with E-state index < -0.39 is 0 Å². The van der Waals surface area contributed by atoms with Crippen molar-refractivity contribution in [3.63, 3.8) is 0 Å². The van der Waals surface area contributed by atoms with Crippen LogP contribution in [0.1, 0.15) is 0 Å². The summed E-state index contributed by atoms with van der Waals surface area (Å²) in [5.41, 5.74) is 7.71. The SMILES string of the molecule is c1ccc(-c2cc3c4ccccc4c(-c4ccc5c(c4)Sc4cc6ccccc6c6cccc-5c46)cc3c3ccccc23)cc1. The van der Waals surface area contributed by atoms with Crippen LogP contribution in [0.15, 0.2) is 168 Å². The number of hydrogen-bond donors (Lipinski definition) is 0. The Morgan fingerprint density at radius 2 is 0.889 bits per heavy atom. The van der Waals surface area contributed by atoms with Gasteiger partial charge in [-0.1, -0.05) is 145 Å². The summed E-state index contributed by atoms with van der Waals surface area (Å²) in [5.74, 6) is 0. The van der Waals surface area contributed by atoms with Gasteiger partial charge in [-0.25, -0.2) is 0 Å². The third kappa shape index (κ3) is 3.68. The van der Waals surface area contributed by atoms with Crippen molar-refractivity contribution >= 4 is 65.6 Å². The molecule has 10 rings (SSSR count). The van der Waals surface area contributed by atoms with Crippen molar-refractivity contribution in [2.45, 2.75) is 9.79 Å². The largest absolute Gasteiger partial charge is 0.0887 e. The van der Waals surface area contributed by atoms with Gasteiger partial charge in [0.1, 0.15) is 0 Å². The standard InChI is InChI=1S/C44H26S/c1-2-11-27(12-3-1)38-25-40-34-18-9-7-16-32(34)39(26-41(40)33-17-8-6-15-31(33)38)29-21-22-35-37-20-10-19-36-30-14-5-4-13-28(30)24-43(44(36)37)45-42(35)23-29/h1-26H. The summed E-state index contributed by atoms with van der Waals surface area (Å²) in [4.78, 5) is 2.66. The predicted octanol–water partition coefficient (Wildman–Crippen LogP) is 12.9. The highest BCUT2D eigenvalue weighted by Gasteiger charge is 2.22. The van der Waals surface area contributed by atoms with E-state index in [-0.39, 0.29) is 0 Å². The Bertz CT molecular complexity index is 2670. The Morgan fingerprint density at radius 3 is 1.62 bits per heavy atom. The van der Waals surface area contributed by atoms with Crippen molar-refractivity contribution < 1.29 is 0 Å². The highest BCUT2D eigenvalue weighted by molar-refractivity contribution is 7.99. The zero-order valence-corrected chi connectivity index (χ0v) is 25.2. The van der Waals surface area contributed by atoms with Crippen molar-refractivity contribution in [2.75, 3.05) is 0 Å². The minimum Gasteiger partial charge on any atom is -0.0887 e. The van der Waals surface area contributed by atoms with Crippen molar-refractivity contribution in [2.24, 2.45) is 0 Å². The van der Waals surface area contributed by atoms with Gasteiger partial charge in [0.25, 0.3) is 0 Å². The maximum atomic E-state index is 2.44. The second-order valence-electron chi connectivity index (χ2n) is 12.0. The number of rotatable bonds is 2. The van der Waals surface area contributed by atoms with Crippen LogP contribution in [0.25, 0.3) is 87.2 Å². The van der Waals surface area contributed by atoms with Gasteiger partial charge < -0.3 is 0 Å². The van der Waals surface area contributed by atoms with Gasteiger partial charge in [-0.05, 0) is 106 Å². The number of benzene rings is 9. The van der Waals surface area contributed by atoms with Crippen LogP contribution in [0.3, 0.4) is 0 Å². The van der Waals surface area contributed by atoms with E-state index in [1.165, 1.54) is 97.0 Å². The molecular weight excluding hydrogens is 561 g/mol. The van der Waals surface area contributed by atoms with Crippen LogP contribution in [-0.4, -0.2) is 0 Å². The van der Waals surface area contributed by atoms with Gasteiger partial charge in [0.2, 0.25) is 0 Å². The van der Waals surface area contributed by atoms with E-state index in [0.717, 1.165) is 0 Å². The van der Waals surface area contributed by atoms with Gasteiger partial charge >= 0.3 is 0 Å². The maximum Gasteiger partial charge on any atom is 0.0213 e. The molecule has 0 aromatic heterocycles. The summed E-state index contributed by atoms with van der Waals surface area (Å²) in [5, 5.41) is 13.1. The van der Waals surface area contributed by atoms with Crippen LogP contribution in [0.4, 0.5) is 0 Å². The summed E-state index contributed by atoms with van der Waals surface area (Å²) in [6.07, 6.45) is 0. The molecule has 0 saturated carbocycles. The molecule has 0 amide bonds. The van der Waals surface area contributed by atoms with E-state index in [4.69, 9.17) is 0 Å². The first-order chi connectivity index (χ1) is 22.3. The van der Waals surface area contributed by atoms with E-state index >= 15 is 0 Å². The van der Waals surface area contributed by atoms with Crippen molar-refractivity contribution in [3.05, 3.63) is 158 Å². The molecule has 9 aromatic carbocycles. The van der Waals surface area contributed by atoms with Gasteiger partial charge in [-0.3, -0.25) is 0 Å². The Labute approximate surface area is 265 Å². The molecule has 0 atom stereocenters. The molecule has 1 heteroatoms. The molecule has 208 valence electrons. The van der Waals surface area contributed by atoms with Gasteiger partial charge in [0.15, 0.2) is 0 Å². The molecule has 0 aliphatic carbocycles. The van der Waals surface area contributed by atoms with Crippen LogP contribution in [0, 0.1) is 0 Å². The second kappa shape index (κ2) is 9.56. The van der Waals surface area contributed by atoms with Crippen molar-refractivity contribution in [1.29, 1.82) is 0 Å². The van der Waals surface area contributed by atoms with Crippen LogP contribution in [-0.2, 0) is 0 Å². The van der Waals surface area contributed by atoms with E-state index in [1.54, 1.807) is 0 Å². The Morgan fingerprint density at radius 1 is 0.289 bits per heavy atom. The fraction of sp³-hybridized carbons (Fsp3) is 0. The lowest BCUT2D eigenvalue weighted by atomic mass is 9.87. The molecule has 0 spiro atoms. The molecule has 1 heterocycles. The van der Waals surface area contributed by atoms with Crippen molar-refractivity contribution in [3.8, 4) is 33.4 Å². The molecule has 45 heavy (non-hydrogen) atoms. The zero-order chi connectivity index (χ0) is 29.5. The normalized spacial score (nSPS) is 12.4. The van der Waals surface area contributed by atoms with Gasteiger partial charge in [0.05, 0.1) is 0 Å². The molecule has 0 saturated heterocycles. The molecule has 1 aliphatic rings. The Kier molecular flexibility index (Phi) is 5.31. The Hall–Kier alpha value is -5.37. The summed E-state index contributed by atoms with van der Waals surface area (Å²) in [7, 11) is 0. The minimum absolute atomic E-state index is 1.25. The minimum atomic E-state index is 1.25. The molecule has 0 nitrogen and oxygen atoms in total. The van der Waals surface area contributed by atoms with E-state index in [9.17, 15) is 0 Å². The quantitative estimate of drug-likeness (QED) is 0.182. The molecule has 1 aliphatic heterocycles. The lowest BCUT2D eigenvalue weighted by Crippen LogP contribution is -1.95. The Balaban J connectivity index is 1.23. The van der Waals surface area contributed by atoms with Gasteiger partial charge in [-0.15, -0.1) is 0 Å². The smallest absolute Gasteiger partial charge is 0.0213 e. The molecule has 0 N–H and O–H groups in total. The van der Waals surface area contributed by atoms with E-state index in [1.807, 2.05) is 11.8 Å². The average Bonchev–Trinajstić information content (AvgIpc) is 3.11. The maximum absolute atomic E-state index is 2.44. The summed E-state index contributed by atoms with van der Waals surface area (Å²) >= 11 is 1.91. The van der Waals surface area contributed by atoms with Crippen molar-refractivity contribution in [1.82, 2.24) is 0 Å². The zero-order valence-electron chi connectivity index (χ0n) is 24.4. The lowest BCUT2D eigenvalue weighted by molar-refractivity contribution is 1.40. The third-order valence-electron chi connectivity index (χ3n) is 9.62. The summed E-state index contributed by atoms with van der Waals surface area (Å²) in [6.45, 7) is 0. The number of hydrogen-bond acceptors (Lipinski definition) is 1. The fourth-order valence-electron chi connectivity index (χ4n) is 7.59. The second-order valence-corrected chi connectivity index (χ2v) is 13.1. The highest BCUT2D eigenvalue weighted by Crippen LogP contribution is 2.51. The monoisotopic (exact) mass is 586 g/mol. The van der Waals surface area contributed by atoms with Crippen LogP contribution in [0.5, 0.6) is 0 Å². The number of fused-ring (bicyclic) bond motifs is 9.